The zero-order valence-electron chi connectivity index (χ0n) is 9.59. The van der Waals surface area contributed by atoms with Gasteiger partial charge in [0.1, 0.15) is 5.75 Å². The van der Waals surface area contributed by atoms with Crippen LogP contribution in [0.5, 0.6) is 5.75 Å². The van der Waals surface area contributed by atoms with Crippen LogP contribution in [0.25, 0.3) is 0 Å². The fourth-order valence-corrected chi connectivity index (χ4v) is 3.93. The number of hydrogen-bond donors (Lipinski definition) is 2. The molecule has 1 saturated heterocycles. The second-order valence-corrected chi connectivity index (χ2v) is 6.83. The van der Waals surface area contributed by atoms with Crippen LogP contribution < -0.4 is 5.32 Å². The Bertz CT molecular complexity index is 484. The molecule has 0 radical (unpaired) electrons. The van der Waals surface area contributed by atoms with E-state index in [1.54, 1.807) is 18.2 Å². The van der Waals surface area contributed by atoms with Crippen LogP contribution in [0.3, 0.4) is 0 Å². The highest BCUT2D eigenvalue weighted by atomic mass is 32.2. The molecule has 94 valence electrons. The maximum Gasteiger partial charge on any atom is 0.154 e. The fraction of sp³-hybridized carbons (Fsp3) is 0.500. The summed E-state index contributed by atoms with van der Waals surface area (Å²) in [7, 11) is -2.86. The molecule has 0 bridgehead atoms. The van der Waals surface area contributed by atoms with Gasteiger partial charge in [-0.3, -0.25) is 0 Å². The Labute approximate surface area is 102 Å². The van der Waals surface area contributed by atoms with Gasteiger partial charge in [-0.05, 0) is 30.5 Å². The fourth-order valence-electron chi connectivity index (χ4n) is 2.13. The maximum absolute atomic E-state index is 11.6. The van der Waals surface area contributed by atoms with Crippen LogP contribution in [0.2, 0.25) is 0 Å². The van der Waals surface area contributed by atoms with Crippen molar-refractivity contribution in [1.82, 2.24) is 5.32 Å². The molecule has 0 aromatic heterocycles. The standard InChI is InChI=1S/C12H17NO3S/c14-11-4-1-3-10(7-11)8-13-9-12-5-2-6-17(12,15)16/h1,3-4,7,12-14H,2,5-6,8-9H2. The van der Waals surface area contributed by atoms with Gasteiger partial charge in [-0.15, -0.1) is 0 Å². The molecule has 0 aliphatic carbocycles. The Morgan fingerprint density at radius 1 is 1.41 bits per heavy atom. The predicted molar refractivity (Wildman–Crippen MR) is 66.6 cm³/mol. The molecule has 1 unspecified atom stereocenters. The number of nitrogens with one attached hydrogen (secondary N) is 1. The molecule has 5 heteroatoms. The van der Waals surface area contributed by atoms with E-state index < -0.39 is 9.84 Å². The van der Waals surface area contributed by atoms with Gasteiger partial charge in [0.15, 0.2) is 9.84 Å². The van der Waals surface area contributed by atoms with E-state index in [0.717, 1.165) is 18.4 Å². The molecule has 2 rings (SSSR count). The van der Waals surface area contributed by atoms with Crippen LogP contribution in [-0.4, -0.2) is 31.1 Å². The highest BCUT2D eigenvalue weighted by molar-refractivity contribution is 7.92. The molecule has 1 heterocycles. The number of rotatable bonds is 4. The molecule has 1 aliphatic heterocycles. The molecule has 1 aromatic carbocycles. The van der Waals surface area contributed by atoms with Crippen LogP contribution in [0.1, 0.15) is 18.4 Å². The minimum atomic E-state index is -2.86. The quantitative estimate of drug-likeness (QED) is 0.844. The monoisotopic (exact) mass is 255 g/mol. The van der Waals surface area contributed by atoms with Crippen molar-refractivity contribution < 1.29 is 13.5 Å². The minimum Gasteiger partial charge on any atom is -0.508 e. The number of phenols is 1. The number of sulfone groups is 1. The highest BCUT2D eigenvalue weighted by Crippen LogP contribution is 2.19. The van der Waals surface area contributed by atoms with Crippen LogP contribution in [0, 0.1) is 0 Å². The second kappa shape index (κ2) is 5.06. The van der Waals surface area contributed by atoms with Gasteiger partial charge in [-0.2, -0.15) is 0 Å². The molecule has 1 atom stereocenters. The van der Waals surface area contributed by atoms with Gasteiger partial charge < -0.3 is 10.4 Å². The molecule has 1 fully saturated rings. The van der Waals surface area contributed by atoms with E-state index in [1.807, 2.05) is 6.07 Å². The Balaban J connectivity index is 1.84. The van der Waals surface area contributed by atoms with Gasteiger partial charge in [0.25, 0.3) is 0 Å². The summed E-state index contributed by atoms with van der Waals surface area (Å²) in [4.78, 5) is 0. The molecule has 0 spiro atoms. The third-order valence-electron chi connectivity index (χ3n) is 3.07. The van der Waals surface area contributed by atoms with E-state index in [4.69, 9.17) is 0 Å². The molecule has 0 saturated carbocycles. The van der Waals surface area contributed by atoms with E-state index in [9.17, 15) is 13.5 Å². The van der Waals surface area contributed by atoms with Crippen molar-refractivity contribution in [2.45, 2.75) is 24.6 Å². The summed E-state index contributed by atoms with van der Waals surface area (Å²) in [5.74, 6) is 0.559. The van der Waals surface area contributed by atoms with Crippen molar-refractivity contribution in [2.24, 2.45) is 0 Å². The lowest BCUT2D eigenvalue weighted by molar-refractivity contribution is 0.474. The normalized spacial score (nSPS) is 22.7. The Morgan fingerprint density at radius 2 is 2.24 bits per heavy atom. The molecule has 1 aliphatic rings. The van der Waals surface area contributed by atoms with Crippen LogP contribution in [0.4, 0.5) is 0 Å². The van der Waals surface area contributed by atoms with Gasteiger partial charge in [-0.1, -0.05) is 12.1 Å². The van der Waals surface area contributed by atoms with Crippen molar-refractivity contribution in [3.05, 3.63) is 29.8 Å². The number of aromatic hydroxyl groups is 1. The Kier molecular flexibility index (Phi) is 3.69. The smallest absolute Gasteiger partial charge is 0.154 e. The van der Waals surface area contributed by atoms with Crippen molar-refractivity contribution in [3.8, 4) is 5.75 Å². The van der Waals surface area contributed by atoms with Crippen molar-refractivity contribution >= 4 is 9.84 Å². The Hall–Kier alpha value is -1.07. The van der Waals surface area contributed by atoms with E-state index in [-0.39, 0.29) is 11.0 Å². The second-order valence-electron chi connectivity index (χ2n) is 4.43. The lowest BCUT2D eigenvalue weighted by atomic mass is 10.2. The molecular weight excluding hydrogens is 238 g/mol. The molecule has 17 heavy (non-hydrogen) atoms. The van der Waals surface area contributed by atoms with Crippen molar-refractivity contribution in [2.75, 3.05) is 12.3 Å². The van der Waals surface area contributed by atoms with E-state index in [2.05, 4.69) is 5.32 Å². The lowest BCUT2D eigenvalue weighted by Crippen LogP contribution is -2.30. The van der Waals surface area contributed by atoms with Gasteiger partial charge in [-0.25, -0.2) is 8.42 Å². The number of phenolic OH excluding ortho intramolecular Hbond substituents is 1. The van der Waals surface area contributed by atoms with E-state index >= 15 is 0 Å². The van der Waals surface area contributed by atoms with Crippen LogP contribution >= 0.6 is 0 Å². The van der Waals surface area contributed by atoms with Gasteiger partial charge in [0.2, 0.25) is 0 Å². The number of hydrogen-bond acceptors (Lipinski definition) is 4. The summed E-state index contributed by atoms with van der Waals surface area (Å²) in [6, 6.07) is 6.97. The van der Waals surface area contributed by atoms with Crippen LogP contribution in [0.15, 0.2) is 24.3 Å². The third kappa shape index (κ3) is 3.20. The summed E-state index contributed by atoms with van der Waals surface area (Å²) in [5.41, 5.74) is 0.959. The van der Waals surface area contributed by atoms with Gasteiger partial charge >= 0.3 is 0 Å². The molecule has 1 aromatic rings. The minimum absolute atomic E-state index is 0.234. The SMILES string of the molecule is O=S1(=O)CCCC1CNCc1cccc(O)c1. The third-order valence-corrected chi connectivity index (χ3v) is 5.35. The van der Waals surface area contributed by atoms with Gasteiger partial charge in [0, 0.05) is 13.1 Å². The van der Waals surface area contributed by atoms with E-state index in [0.29, 0.717) is 18.8 Å². The van der Waals surface area contributed by atoms with Crippen LogP contribution in [-0.2, 0) is 16.4 Å². The lowest BCUT2D eigenvalue weighted by Gasteiger charge is -2.10. The average Bonchev–Trinajstić information content (AvgIpc) is 2.58. The maximum atomic E-state index is 11.6. The largest absolute Gasteiger partial charge is 0.508 e. The zero-order chi connectivity index (χ0) is 12.3. The average molecular weight is 255 g/mol. The summed E-state index contributed by atoms with van der Waals surface area (Å²) >= 11 is 0. The number of benzene rings is 1. The topological polar surface area (TPSA) is 66.4 Å². The summed E-state index contributed by atoms with van der Waals surface area (Å²) in [6.07, 6.45) is 1.54. The summed E-state index contributed by atoms with van der Waals surface area (Å²) in [6.45, 7) is 1.08. The predicted octanol–water partition coefficient (Wildman–Crippen LogP) is 1.06. The first-order valence-electron chi connectivity index (χ1n) is 5.78. The molecule has 0 amide bonds. The van der Waals surface area contributed by atoms with Crippen molar-refractivity contribution in [1.29, 1.82) is 0 Å². The highest BCUT2D eigenvalue weighted by Gasteiger charge is 2.30. The zero-order valence-corrected chi connectivity index (χ0v) is 10.4. The molecule has 4 nitrogen and oxygen atoms in total. The summed E-state index contributed by atoms with van der Waals surface area (Å²) in [5, 5.41) is 12.2. The first kappa shape index (κ1) is 12.4. The van der Waals surface area contributed by atoms with E-state index in [1.165, 1.54) is 0 Å². The summed E-state index contributed by atoms with van der Waals surface area (Å²) < 4.78 is 23.2. The first-order valence-corrected chi connectivity index (χ1v) is 7.50. The Morgan fingerprint density at radius 3 is 2.88 bits per heavy atom. The van der Waals surface area contributed by atoms with Gasteiger partial charge in [0.05, 0.1) is 11.0 Å². The molecule has 2 N–H and O–H groups in total. The first-order chi connectivity index (χ1) is 8.08. The molecular formula is C12H17NO3S. The van der Waals surface area contributed by atoms with Crippen molar-refractivity contribution in [3.63, 3.8) is 0 Å².